The van der Waals surface area contributed by atoms with Gasteiger partial charge in [-0.15, -0.1) is 10.2 Å². The third kappa shape index (κ3) is 3.94. The monoisotopic (exact) mass is 449 g/mol. The van der Waals surface area contributed by atoms with Gasteiger partial charge in [-0.05, 0) is 31.5 Å². The van der Waals surface area contributed by atoms with Crippen LogP contribution in [0.25, 0.3) is 0 Å². The van der Waals surface area contributed by atoms with Gasteiger partial charge < -0.3 is 4.74 Å². The fourth-order valence-corrected chi connectivity index (χ4v) is 4.09. The summed E-state index contributed by atoms with van der Waals surface area (Å²) in [6.07, 6.45) is 0.0667. The summed E-state index contributed by atoms with van der Waals surface area (Å²) < 4.78 is 5.51. The van der Waals surface area contributed by atoms with Gasteiger partial charge in [-0.3, -0.25) is 14.4 Å². The third-order valence-electron chi connectivity index (χ3n) is 4.98. The zero-order valence-electron chi connectivity index (χ0n) is 17.4. The lowest BCUT2D eigenvalue weighted by Crippen LogP contribution is -2.29. The SMILES string of the molecule is CCC[C@H](OC(=O)c1ccc2c(c1)C(=O)N(c1nnc(C)s1)C2=O)C(=O)c1ccccc1. The summed E-state index contributed by atoms with van der Waals surface area (Å²) in [4.78, 5) is 52.1. The number of nitrogens with zero attached hydrogens (tertiary/aromatic N) is 3. The zero-order valence-corrected chi connectivity index (χ0v) is 18.2. The largest absolute Gasteiger partial charge is 0.450 e. The van der Waals surface area contributed by atoms with Crippen molar-refractivity contribution >= 4 is 40.0 Å². The predicted molar refractivity (Wildman–Crippen MR) is 117 cm³/mol. The Morgan fingerprint density at radius 1 is 1.00 bits per heavy atom. The van der Waals surface area contributed by atoms with Crippen LogP contribution in [0.4, 0.5) is 5.13 Å². The molecule has 162 valence electrons. The van der Waals surface area contributed by atoms with Gasteiger partial charge in [-0.25, -0.2) is 9.69 Å². The average Bonchev–Trinajstić information content (AvgIpc) is 3.33. The van der Waals surface area contributed by atoms with Crippen LogP contribution in [0, 0.1) is 6.92 Å². The second-order valence-corrected chi connectivity index (χ2v) is 8.38. The number of carbonyl (C=O) groups excluding carboxylic acids is 4. The van der Waals surface area contributed by atoms with Gasteiger partial charge in [0.2, 0.25) is 10.9 Å². The van der Waals surface area contributed by atoms with E-state index >= 15 is 0 Å². The van der Waals surface area contributed by atoms with Crippen LogP contribution >= 0.6 is 11.3 Å². The summed E-state index contributed by atoms with van der Waals surface area (Å²) in [5.41, 5.74) is 0.794. The van der Waals surface area contributed by atoms with Gasteiger partial charge in [0.25, 0.3) is 11.8 Å². The fraction of sp³-hybridized carbons (Fsp3) is 0.217. The van der Waals surface area contributed by atoms with Crippen molar-refractivity contribution in [3.05, 3.63) is 75.8 Å². The molecule has 0 spiro atoms. The predicted octanol–water partition coefficient (Wildman–Crippen LogP) is 3.86. The van der Waals surface area contributed by atoms with E-state index in [-0.39, 0.29) is 27.6 Å². The highest BCUT2D eigenvalue weighted by Gasteiger charge is 2.39. The number of rotatable bonds is 7. The summed E-state index contributed by atoms with van der Waals surface area (Å²) in [7, 11) is 0. The molecule has 2 heterocycles. The number of aryl methyl sites for hydroxylation is 1. The molecule has 9 heteroatoms. The van der Waals surface area contributed by atoms with Crippen molar-refractivity contribution in [2.75, 3.05) is 4.90 Å². The van der Waals surface area contributed by atoms with Crippen molar-refractivity contribution in [2.45, 2.75) is 32.8 Å². The number of Topliss-reactive ketones (excluding diaryl/α,β-unsaturated/α-hetero) is 1. The standard InChI is InChI=1S/C23H19N3O5S/c1-3-7-18(19(27)14-8-5-4-6-9-14)31-22(30)15-10-11-16-17(12-15)21(29)26(20(16)28)23-25-24-13(2)32-23/h4-6,8-12,18H,3,7H2,1-2H3/t18-/m0/s1. The smallest absolute Gasteiger partial charge is 0.338 e. The molecule has 0 radical (unpaired) electrons. The first-order valence-corrected chi connectivity index (χ1v) is 10.9. The van der Waals surface area contributed by atoms with Crippen molar-refractivity contribution in [1.82, 2.24) is 10.2 Å². The molecular weight excluding hydrogens is 430 g/mol. The maximum Gasteiger partial charge on any atom is 0.338 e. The Balaban J connectivity index is 1.57. The second kappa shape index (κ2) is 8.80. The molecule has 1 aliphatic rings. The van der Waals surface area contributed by atoms with Crippen molar-refractivity contribution < 1.29 is 23.9 Å². The molecule has 0 bridgehead atoms. The Bertz CT molecular complexity index is 1220. The Morgan fingerprint density at radius 3 is 2.38 bits per heavy atom. The number of fused-ring (bicyclic) bond motifs is 1. The molecule has 0 saturated heterocycles. The molecule has 0 aliphatic carbocycles. The first kappa shape index (κ1) is 21.5. The van der Waals surface area contributed by atoms with Gasteiger partial charge in [-0.2, -0.15) is 0 Å². The van der Waals surface area contributed by atoms with Gasteiger partial charge in [0, 0.05) is 5.56 Å². The van der Waals surface area contributed by atoms with Gasteiger partial charge >= 0.3 is 5.97 Å². The first-order chi connectivity index (χ1) is 15.4. The molecule has 1 aliphatic heterocycles. The molecule has 1 atom stereocenters. The molecule has 1 aromatic heterocycles. The number of ether oxygens (including phenoxy) is 1. The minimum Gasteiger partial charge on any atom is -0.450 e. The fourth-order valence-electron chi connectivity index (χ4n) is 3.41. The number of benzene rings is 2. The van der Waals surface area contributed by atoms with Gasteiger partial charge in [0.15, 0.2) is 6.10 Å². The van der Waals surface area contributed by atoms with Crippen molar-refractivity contribution in [1.29, 1.82) is 0 Å². The molecule has 3 aromatic rings. The number of hydrogen-bond donors (Lipinski definition) is 0. The van der Waals surface area contributed by atoms with E-state index in [9.17, 15) is 19.2 Å². The summed E-state index contributed by atoms with van der Waals surface area (Å²) in [6, 6.07) is 12.8. The molecule has 32 heavy (non-hydrogen) atoms. The maximum absolute atomic E-state index is 12.8. The van der Waals surface area contributed by atoms with Crippen LogP contribution in [0.5, 0.6) is 0 Å². The molecule has 0 N–H and O–H groups in total. The number of carbonyl (C=O) groups is 4. The van der Waals surface area contributed by atoms with Crippen LogP contribution in [0.1, 0.15) is 66.2 Å². The normalized spacial score (nSPS) is 13.8. The van der Waals surface area contributed by atoms with Gasteiger partial charge in [0.05, 0.1) is 16.7 Å². The molecule has 8 nitrogen and oxygen atoms in total. The van der Waals surface area contributed by atoms with Gasteiger partial charge in [0.1, 0.15) is 5.01 Å². The number of amides is 2. The number of hydrogen-bond acceptors (Lipinski definition) is 8. The average molecular weight is 449 g/mol. The van der Waals surface area contributed by atoms with E-state index in [0.717, 1.165) is 16.2 Å². The second-order valence-electron chi connectivity index (χ2n) is 7.22. The number of ketones is 1. The highest BCUT2D eigenvalue weighted by atomic mass is 32.1. The minimum atomic E-state index is -0.943. The van der Waals surface area contributed by atoms with Gasteiger partial charge in [-0.1, -0.05) is 55.0 Å². The number of imide groups is 1. The molecular formula is C23H19N3O5S. The van der Waals surface area contributed by atoms with E-state index < -0.39 is 23.9 Å². The highest BCUT2D eigenvalue weighted by molar-refractivity contribution is 7.15. The molecule has 2 amide bonds. The topological polar surface area (TPSA) is 107 Å². The zero-order chi connectivity index (χ0) is 22.8. The van der Waals surface area contributed by atoms with E-state index in [4.69, 9.17) is 4.74 Å². The lowest BCUT2D eigenvalue weighted by Gasteiger charge is -2.16. The molecule has 0 saturated carbocycles. The van der Waals surface area contributed by atoms with Crippen molar-refractivity contribution in [3.8, 4) is 0 Å². The minimum absolute atomic E-state index is 0.0822. The lowest BCUT2D eigenvalue weighted by atomic mass is 10.0. The third-order valence-corrected chi connectivity index (χ3v) is 5.80. The molecule has 2 aromatic carbocycles. The summed E-state index contributed by atoms with van der Waals surface area (Å²) >= 11 is 1.12. The summed E-state index contributed by atoms with van der Waals surface area (Å²) in [5.74, 6) is -2.13. The van der Waals surface area contributed by atoms with E-state index in [2.05, 4.69) is 10.2 Å². The Hall–Kier alpha value is -3.72. The van der Waals surface area contributed by atoms with Crippen LogP contribution in [0.3, 0.4) is 0 Å². The van der Waals surface area contributed by atoms with Crippen LogP contribution in [-0.4, -0.2) is 39.9 Å². The summed E-state index contributed by atoms with van der Waals surface area (Å²) in [6.45, 7) is 3.61. The highest BCUT2D eigenvalue weighted by Crippen LogP contribution is 2.31. The van der Waals surface area contributed by atoms with E-state index in [0.29, 0.717) is 23.4 Å². The van der Waals surface area contributed by atoms with Crippen LogP contribution in [0.2, 0.25) is 0 Å². The summed E-state index contributed by atoms with van der Waals surface area (Å²) in [5, 5.41) is 8.51. The Kier molecular flexibility index (Phi) is 5.91. The van der Waals surface area contributed by atoms with Crippen LogP contribution < -0.4 is 4.90 Å². The quantitative estimate of drug-likeness (QED) is 0.306. The van der Waals surface area contributed by atoms with E-state index in [1.807, 2.05) is 6.92 Å². The van der Waals surface area contributed by atoms with E-state index in [1.54, 1.807) is 37.3 Å². The molecule has 0 fully saturated rings. The van der Waals surface area contributed by atoms with Crippen molar-refractivity contribution in [2.24, 2.45) is 0 Å². The number of esters is 1. The van der Waals surface area contributed by atoms with E-state index in [1.165, 1.54) is 18.2 Å². The van der Waals surface area contributed by atoms with Crippen LogP contribution in [0.15, 0.2) is 48.5 Å². The Morgan fingerprint density at radius 2 is 1.72 bits per heavy atom. The van der Waals surface area contributed by atoms with Crippen molar-refractivity contribution in [3.63, 3.8) is 0 Å². The molecule has 0 unspecified atom stereocenters. The lowest BCUT2D eigenvalue weighted by molar-refractivity contribution is 0.0266. The maximum atomic E-state index is 12.8. The number of aromatic nitrogens is 2. The van der Waals surface area contributed by atoms with Crippen LogP contribution in [-0.2, 0) is 4.74 Å². The molecule has 4 rings (SSSR count). The number of anilines is 1. The Labute approximate surface area is 187 Å². The first-order valence-electron chi connectivity index (χ1n) is 10.0.